The number of piperazine rings is 1. The average molecular weight is 293 g/mol. The van der Waals surface area contributed by atoms with Crippen molar-refractivity contribution in [3.8, 4) is 0 Å². The smallest absolute Gasteiger partial charge is 0.410 e. The largest absolute Gasteiger partial charge is 0.444 e. The van der Waals surface area contributed by atoms with Crippen molar-refractivity contribution in [3.63, 3.8) is 0 Å². The molecule has 0 radical (unpaired) electrons. The summed E-state index contributed by atoms with van der Waals surface area (Å²) < 4.78 is 5.38. The van der Waals surface area contributed by atoms with Gasteiger partial charge >= 0.3 is 6.09 Å². The Hall–Kier alpha value is -1.89. The molecular weight excluding hydrogens is 270 g/mol. The van der Waals surface area contributed by atoms with Gasteiger partial charge in [-0.3, -0.25) is 0 Å². The van der Waals surface area contributed by atoms with Crippen molar-refractivity contribution >= 4 is 12.0 Å². The molecule has 2 N–H and O–H groups in total. The number of carbonyl (C=O) groups is 1. The number of amides is 1. The fourth-order valence-electron chi connectivity index (χ4n) is 2.07. The summed E-state index contributed by atoms with van der Waals surface area (Å²) in [6.07, 6.45) is 1.45. The molecule has 1 fully saturated rings. The summed E-state index contributed by atoms with van der Waals surface area (Å²) in [6.45, 7) is 8.58. The second-order valence-electron chi connectivity index (χ2n) is 6.01. The SMILES string of the molecule is CC(C)(C)OC(=O)N1CCN(c2nccc(CN)n2)CC1. The van der Waals surface area contributed by atoms with Gasteiger partial charge in [0.15, 0.2) is 0 Å². The van der Waals surface area contributed by atoms with Gasteiger partial charge in [-0.05, 0) is 26.8 Å². The number of ether oxygens (including phenoxy) is 1. The Labute approximate surface area is 125 Å². The number of carbonyl (C=O) groups excluding carboxylic acids is 1. The van der Waals surface area contributed by atoms with Crippen molar-refractivity contribution in [1.29, 1.82) is 0 Å². The molecule has 1 amide bonds. The van der Waals surface area contributed by atoms with E-state index >= 15 is 0 Å². The van der Waals surface area contributed by atoms with E-state index in [9.17, 15) is 4.79 Å². The zero-order valence-electron chi connectivity index (χ0n) is 12.9. The molecule has 7 heteroatoms. The topological polar surface area (TPSA) is 84.6 Å². The van der Waals surface area contributed by atoms with Crippen LogP contribution in [0.25, 0.3) is 0 Å². The molecule has 0 spiro atoms. The molecule has 0 atom stereocenters. The molecule has 1 aromatic rings. The molecule has 2 rings (SSSR count). The molecule has 7 nitrogen and oxygen atoms in total. The molecule has 2 heterocycles. The van der Waals surface area contributed by atoms with Crippen LogP contribution >= 0.6 is 0 Å². The lowest BCUT2D eigenvalue weighted by Gasteiger charge is -2.35. The molecule has 21 heavy (non-hydrogen) atoms. The van der Waals surface area contributed by atoms with Crippen molar-refractivity contribution < 1.29 is 9.53 Å². The second-order valence-corrected chi connectivity index (χ2v) is 6.01. The molecule has 0 bridgehead atoms. The zero-order chi connectivity index (χ0) is 15.5. The van der Waals surface area contributed by atoms with Crippen LogP contribution in [-0.4, -0.2) is 52.7 Å². The Morgan fingerprint density at radius 3 is 2.57 bits per heavy atom. The highest BCUT2D eigenvalue weighted by Crippen LogP contribution is 2.14. The number of nitrogens with two attached hydrogens (primary N) is 1. The molecule has 0 unspecified atom stereocenters. The van der Waals surface area contributed by atoms with Crippen LogP contribution in [0.15, 0.2) is 12.3 Å². The Balaban J connectivity index is 1.92. The lowest BCUT2D eigenvalue weighted by molar-refractivity contribution is 0.0240. The summed E-state index contributed by atoms with van der Waals surface area (Å²) in [5, 5.41) is 0. The maximum Gasteiger partial charge on any atom is 0.410 e. The summed E-state index contributed by atoms with van der Waals surface area (Å²) in [5.41, 5.74) is 5.94. The summed E-state index contributed by atoms with van der Waals surface area (Å²) in [4.78, 5) is 24.4. The van der Waals surface area contributed by atoms with Gasteiger partial charge in [0.05, 0.1) is 5.69 Å². The van der Waals surface area contributed by atoms with Crippen LogP contribution < -0.4 is 10.6 Å². The molecule has 1 aliphatic heterocycles. The van der Waals surface area contributed by atoms with Crippen LogP contribution in [0.5, 0.6) is 0 Å². The third-order valence-electron chi connectivity index (χ3n) is 3.12. The fourth-order valence-corrected chi connectivity index (χ4v) is 2.07. The van der Waals surface area contributed by atoms with E-state index in [0.29, 0.717) is 38.7 Å². The highest BCUT2D eigenvalue weighted by Gasteiger charge is 2.26. The molecular formula is C14H23N5O2. The molecule has 0 aromatic carbocycles. The summed E-state index contributed by atoms with van der Waals surface area (Å²) >= 11 is 0. The zero-order valence-corrected chi connectivity index (χ0v) is 12.9. The first-order chi connectivity index (χ1) is 9.89. The number of hydrogen-bond acceptors (Lipinski definition) is 6. The summed E-state index contributed by atoms with van der Waals surface area (Å²) in [7, 11) is 0. The lowest BCUT2D eigenvalue weighted by atomic mass is 10.2. The predicted octanol–water partition coefficient (Wildman–Crippen LogP) is 0.992. The molecule has 1 aliphatic rings. The lowest BCUT2D eigenvalue weighted by Crippen LogP contribution is -2.50. The third-order valence-corrected chi connectivity index (χ3v) is 3.12. The molecule has 1 saturated heterocycles. The number of anilines is 1. The first-order valence-corrected chi connectivity index (χ1v) is 7.14. The van der Waals surface area contributed by atoms with Crippen LogP contribution in [0.1, 0.15) is 26.5 Å². The molecule has 0 saturated carbocycles. The minimum absolute atomic E-state index is 0.265. The van der Waals surface area contributed by atoms with Crippen molar-refractivity contribution in [2.24, 2.45) is 5.73 Å². The van der Waals surface area contributed by atoms with Gasteiger partial charge < -0.3 is 20.3 Å². The molecule has 0 aliphatic carbocycles. The minimum atomic E-state index is -0.465. The highest BCUT2D eigenvalue weighted by atomic mass is 16.6. The first-order valence-electron chi connectivity index (χ1n) is 7.14. The van der Waals surface area contributed by atoms with Gasteiger partial charge in [-0.2, -0.15) is 0 Å². The van der Waals surface area contributed by atoms with Crippen molar-refractivity contribution in [1.82, 2.24) is 14.9 Å². The maximum absolute atomic E-state index is 12.0. The quantitative estimate of drug-likeness (QED) is 0.875. The Bertz CT molecular complexity index is 492. The van der Waals surface area contributed by atoms with Gasteiger partial charge in [-0.15, -0.1) is 0 Å². The van der Waals surface area contributed by atoms with Crippen LogP contribution in [0, 0.1) is 0 Å². The normalized spacial score (nSPS) is 16.0. The molecule has 1 aromatic heterocycles. The van der Waals surface area contributed by atoms with E-state index in [0.717, 1.165) is 5.69 Å². The van der Waals surface area contributed by atoms with Crippen molar-refractivity contribution in [2.45, 2.75) is 32.9 Å². The van der Waals surface area contributed by atoms with Crippen LogP contribution in [-0.2, 0) is 11.3 Å². The Morgan fingerprint density at radius 1 is 1.33 bits per heavy atom. The number of rotatable bonds is 2. The summed E-state index contributed by atoms with van der Waals surface area (Å²) in [6, 6.07) is 1.81. The van der Waals surface area contributed by atoms with Gasteiger partial charge in [-0.25, -0.2) is 14.8 Å². The van der Waals surface area contributed by atoms with Crippen molar-refractivity contribution in [2.75, 3.05) is 31.1 Å². The van der Waals surface area contributed by atoms with E-state index in [1.165, 1.54) is 0 Å². The van der Waals surface area contributed by atoms with E-state index in [2.05, 4.69) is 14.9 Å². The standard InChI is InChI=1S/C14H23N5O2/c1-14(2,3)21-13(20)19-8-6-18(7-9-19)12-16-5-4-11(10-15)17-12/h4-5H,6-10,15H2,1-3H3. The van der Waals surface area contributed by atoms with Crippen molar-refractivity contribution in [3.05, 3.63) is 18.0 Å². The number of hydrogen-bond donors (Lipinski definition) is 1. The highest BCUT2D eigenvalue weighted by molar-refractivity contribution is 5.68. The van der Waals surface area contributed by atoms with E-state index in [4.69, 9.17) is 10.5 Å². The third kappa shape index (κ3) is 4.29. The van der Waals surface area contributed by atoms with Gasteiger partial charge in [0, 0.05) is 38.9 Å². The second kappa shape index (κ2) is 6.26. The van der Waals surface area contributed by atoms with Gasteiger partial charge in [-0.1, -0.05) is 0 Å². The van der Waals surface area contributed by atoms with Gasteiger partial charge in [0.1, 0.15) is 5.60 Å². The van der Waals surface area contributed by atoms with E-state index in [-0.39, 0.29) is 6.09 Å². The number of aromatic nitrogens is 2. The van der Waals surface area contributed by atoms with Crippen LogP contribution in [0.3, 0.4) is 0 Å². The predicted molar refractivity (Wildman–Crippen MR) is 79.9 cm³/mol. The average Bonchev–Trinajstić information content (AvgIpc) is 2.46. The summed E-state index contributed by atoms with van der Waals surface area (Å²) in [5.74, 6) is 0.668. The van der Waals surface area contributed by atoms with Gasteiger partial charge in [0.25, 0.3) is 0 Å². The number of nitrogens with zero attached hydrogens (tertiary/aromatic N) is 4. The van der Waals surface area contributed by atoms with Crippen LogP contribution in [0.2, 0.25) is 0 Å². The monoisotopic (exact) mass is 293 g/mol. The minimum Gasteiger partial charge on any atom is -0.444 e. The first kappa shape index (κ1) is 15.5. The Kier molecular flexibility index (Phi) is 4.62. The Morgan fingerprint density at radius 2 is 2.00 bits per heavy atom. The maximum atomic E-state index is 12.0. The van der Waals surface area contributed by atoms with Crippen LogP contribution in [0.4, 0.5) is 10.7 Å². The van der Waals surface area contributed by atoms with E-state index < -0.39 is 5.60 Å². The molecule has 116 valence electrons. The fraction of sp³-hybridized carbons (Fsp3) is 0.643. The van der Waals surface area contributed by atoms with E-state index in [1.54, 1.807) is 17.2 Å². The van der Waals surface area contributed by atoms with Gasteiger partial charge in [0.2, 0.25) is 5.95 Å². The van der Waals surface area contributed by atoms with E-state index in [1.807, 2.05) is 20.8 Å².